The number of aromatic nitrogens is 1. The van der Waals surface area contributed by atoms with Gasteiger partial charge >= 0.3 is 0 Å². The van der Waals surface area contributed by atoms with E-state index in [0.717, 1.165) is 12.5 Å². The molecule has 59 valence electrons. The van der Waals surface area contributed by atoms with Crippen molar-refractivity contribution >= 4 is 9.84 Å². The van der Waals surface area contributed by atoms with Gasteiger partial charge in [0.15, 0.2) is 9.84 Å². The predicted molar refractivity (Wildman–Crippen MR) is 37.5 cm³/mol. The summed E-state index contributed by atoms with van der Waals surface area (Å²) in [5, 5.41) is 10.8. The minimum absolute atomic E-state index is 0.201. The Morgan fingerprint density at radius 2 is 2.09 bits per heavy atom. The molecule has 1 aromatic heterocycles. The first kappa shape index (κ1) is 8.00. The molecule has 0 spiro atoms. The maximum atomic E-state index is 10.8. The Hall–Kier alpha value is -1.10. The Bertz CT molecular complexity index is 358. The lowest BCUT2D eigenvalue weighted by molar-refractivity contribution is 0.341. The van der Waals surface area contributed by atoms with Crippen LogP contribution in [0.1, 0.15) is 0 Å². The normalized spacial score (nSPS) is 11.4. The van der Waals surface area contributed by atoms with Crippen LogP contribution in [0.2, 0.25) is 0 Å². The van der Waals surface area contributed by atoms with Crippen LogP contribution in [0.15, 0.2) is 23.4 Å². The topological polar surface area (TPSA) is 66.9 Å². The van der Waals surface area contributed by atoms with E-state index in [2.05, 4.69) is 4.98 Å². The van der Waals surface area contributed by atoms with E-state index < -0.39 is 15.6 Å². The van der Waals surface area contributed by atoms with E-state index >= 15 is 0 Å². The van der Waals surface area contributed by atoms with Crippen LogP contribution in [0.5, 0.6) is 5.75 Å². The Labute approximate surface area is 64.4 Å². The fraction of sp³-hybridized carbons (Fsp3) is 0.167. The number of pyridine rings is 1. The molecule has 1 radical (unpaired) electrons. The van der Waals surface area contributed by atoms with E-state index in [1.54, 1.807) is 0 Å². The molecule has 0 atom stereocenters. The maximum Gasteiger partial charge on any atom is 0.215 e. The van der Waals surface area contributed by atoms with Crippen molar-refractivity contribution in [3.8, 4) is 5.75 Å². The molecule has 0 unspecified atom stereocenters. The summed E-state index contributed by atoms with van der Waals surface area (Å²) in [5.74, 6) is -0.560. The van der Waals surface area contributed by atoms with Crippen molar-refractivity contribution in [2.75, 3.05) is 6.26 Å². The van der Waals surface area contributed by atoms with Gasteiger partial charge in [-0.05, 0) is 6.07 Å². The number of rotatable bonds is 1. The van der Waals surface area contributed by atoms with E-state index in [1.807, 2.05) is 0 Å². The van der Waals surface area contributed by atoms with Gasteiger partial charge in [0.1, 0.15) is 4.90 Å². The standard InChI is InChI=1S/C6H6NO3S/c1-11(9,10)6-2-3-7-4-5(6)8/h2-4H,1H3. The highest BCUT2D eigenvalue weighted by Crippen LogP contribution is 2.19. The lowest BCUT2D eigenvalue weighted by Gasteiger charge is -1.95. The molecule has 1 heterocycles. The Kier molecular flexibility index (Phi) is 1.82. The molecule has 1 aromatic rings. The molecule has 11 heavy (non-hydrogen) atoms. The van der Waals surface area contributed by atoms with Gasteiger partial charge in [-0.25, -0.2) is 8.42 Å². The summed E-state index contributed by atoms with van der Waals surface area (Å²) in [6, 6.07) is 1.19. The third kappa shape index (κ3) is 1.68. The van der Waals surface area contributed by atoms with Gasteiger partial charge in [0.2, 0.25) is 5.75 Å². The summed E-state index contributed by atoms with van der Waals surface area (Å²) >= 11 is 0. The van der Waals surface area contributed by atoms with Gasteiger partial charge in [0.25, 0.3) is 0 Å². The summed E-state index contributed by atoms with van der Waals surface area (Å²) in [6.07, 6.45) is 3.25. The molecule has 0 fully saturated rings. The van der Waals surface area contributed by atoms with Crippen molar-refractivity contribution in [1.82, 2.24) is 4.98 Å². The van der Waals surface area contributed by atoms with Crippen molar-refractivity contribution in [3.63, 3.8) is 0 Å². The monoisotopic (exact) mass is 172 g/mol. The SMILES string of the molecule is CS(=O)(=O)c1ccncc1[O]. The molecule has 0 aliphatic heterocycles. The molecule has 0 aromatic carbocycles. The van der Waals surface area contributed by atoms with Crippen molar-refractivity contribution in [2.45, 2.75) is 4.90 Å². The molecule has 0 N–H and O–H groups in total. The lowest BCUT2D eigenvalue weighted by Crippen LogP contribution is -1.96. The van der Waals surface area contributed by atoms with Crippen molar-refractivity contribution in [3.05, 3.63) is 18.5 Å². The predicted octanol–water partition coefficient (Wildman–Crippen LogP) is 0.629. The van der Waals surface area contributed by atoms with Gasteiger partial charge in [-0.1, -0.05) is 0 Å². The van der Waals surface area contributed by atoms with E-state index in [4.69, 9.17) is 0 Å². The molecule has 4 nitrogen and oxygen atoms in total. The summed E-state index contributed by atoms with van der Waals surface area (Å²) in [4.78, 5) is 3.28. The fourth-order valence-electron chi connectivity index (χ4n) is 0.674. The minimum atomic E-state index is -3.39. The first-order valence-corrected chi connectivity index (χ1v) is 4.72. The van der Waals surface area contributed by atoms with Gasteiger partial charge in [-0.2, -0.15) is 0 Å². The summed E-state index contributed by atoms with van der Waals surface area (Å²) in [6.45, 7) is 0. The summed E-state index contributed by atoms with van der Waals surface area (Å²) in [5.41, 5.74) is 0. The molecule has 0 saturated carbocycles. The average Bonchev–Trinajstić information content (AvgIpc) is 1.86. The Morgan fingerprint density at radius 1 is 1.45 bits per heavy atom. The highest BCUT2D eigenvalue weighted by molar-refractivity contribution is 7.90. The van der Waals surface area contributed by atoms with Gasteiger partial charge in [-0.3, -0.25) is 10.1 Å². The zero-order valence-electron chi connectivity index (χ0n) is 5.81. The van der Waals surface area contributed by atoms with Gasteiger partial charge in [-0.15, -0.1) is 0 Å². The third-order valence-electron chi connectivity index (χ3n) is 1.15. The van der Waals surface area contributed by atoms with Crippen LogP contribution >= 0.6 is 0 Å². The zero-order valence-corrected chi connectivity index (χ0v) is 6.63. The molecule has 0 aliphatic rings. The molecule has 0 amide bonds. The van der Waals surface area contributed by atoms with Gasteiger partial charge in [0, 0.05) is 12.5 Å². The lowest BCUT2D eigenvalue weighted by atomic mass is 10.5. The smallest absolute Gasteiger partial charge is 0.215 e. The highest BCUT2D eigenvalue weighted by Gasteiger charge is 2.12. The Morgan fingerprint density at radius 3 is 2.45 bits per heavy atom. The third-order valence-corrected chi connectivity index (χ3v) is 2.28. The van der Waals surface area contributed by atoms with Crippen LogP contribution < -0.4 is 0 Å². The van der Waals surface area contributed by atoms with E-state index in [9.17, 15) is 13.5 Å². The highest BCUT2D eigenvalue weighted by atomic mass is 32.2. The van der Waals surface area contributed by atoms with E-state index in [1.165, 1.54) is 12.3 Å². The largest absolute Gasteiger partial charge is 0.287 e. The molecule has 5 heteroatoms. The number of sulfone groups is 1. The average molecular weight is 172 g/mol. The number of nitrogens with zero attached hydrogens (tertiary/aromatic N) is 1. The second-order valence-electron chi connectivity index (χ2n) is 2.09. The molecular weight excluding hydrogens is 166 g/mol. The van der Waals surface area contributed by atoms with Crippen molar-refractivity contribution in [2.24, 2.45) is 0 Å². The second-order valence-corrected chi connectivity index (χ2v) is 4.08. The van der Waals surface area contributed by atoms with Crippen LogP contribution in [0, 0.1) is 0 Å². The van der Waals surface area contributed by atoms with Crippen LogP contribution in [0.4, 0.5) is 0 Å². The molecular formula is C6H6NO3S. The molecule has 1 rings (SSSR count). The molecule has 0 bridgehead atoms. The van der Waals surface area contributed by atoms with Crippen molar-refractivity contribution in [1.29, 1.82) is 0 Å². The van der Waals surface area contributed by atoms with Crippen LogP contribution in [-0.4, -0.2) is 19.7 Å². The minimum Gasteiger partial charge on any atom is -0.287 e. The van der Waals surface area contributed by atoms with Crippen LogP contribution in [0.3, 0.4) is 0 Å². The summed E-state index contributed by atoms with van der Waals surface area (Å²) in [7, 11) is -3.39. The number of hydrogen-bond donors (Lipinski definition) is 0. The van der Waals surface area contributed by atoms with Gasteiger partial charge in [0.05, 0.1) is 6.20 Å². The molecule has 0 saturated heterocycles. The zero-order chi connectivity index (χ0) is 8.48. The summed E-state index contributed by atoms with van der Waals surface area (Å²) < 4.78 is 21.7. The van der Waals surface area contributed by atoms with Crippen LogP contribution in [0.25, 0.3) is 0 Å². The van der Waals surface area contributed by atoms with Crippen LogP contribution in [-0.2, 0) is 14.9 Å². The maximum absolute atomic E-state index is 10.8. The fourth-order valence-corrected chi connectivity index (χ4v) is 1.40. The quantitative estimate of drug-likeness (QED) is 0.623. The first-order valence-electron chi connectivity index (χ1n) is 2.83. The second kappa shape index (κ2) is 2.50. The van der Waals surface area contributed by atoms with Gasteiger partial charge < -0.3 is 0 Å². The first-order chi connectivity index (χ1) is 5.02. The number of hydrogen-bond acceptors (Lipinski definition) is 3. The van der Waals surface area contributed by atoms with E-state index in [-0.39, 0.29) is 4.90 Å². The molecule has 0 aliphatic carbocycles. The Balaban J connectivity index is 3.37. The van der Waals surface area contributed by atoms with Crippen molar-refractivity contribution < 1.29 is 13.5 Å². The van der Waals surface area contributed by atoms with E-state index in [0.29, 0.717) is 0 Å².